The second-order valence-electron chi connectivity index (χ2n) is 5.76. The Bertz CT molecular complexity index is 350. The van der Waals surface area contributed by atoms with Crippen molar-refractivity contribution in [2.45, 2.75) is 65.0 Å². The van der Waals surface area contributed by atoms with Crippen molar-refractivity contribution in [1.82, 2.24) is 9.78 Å². The molecule has 1 unspecified atom stereocenters. The second-order valence-corrected chi connectivity index (χ2v) is 5.76. The second kappa shape index (κ2) is 6.37. The van der Waals surface area contributed by atoms with Crippen molar-refractivity contribution in [2.75, 3.05) is 0 Å². The average Bonchev–Trinajstić information content (AvgIpc) is 2.86. The molecule has 0 amide bonds. The van der Waals surface area contributed by atoms with Crippen molar-refractivity contribution in [3.63, 3.8) is 0 Å². The van der Waals surface area contributed by atoms with E-state index in [0.29, 0.717) is 6.04 Å². The highest BCUT2D eigenvalue weighted by Crippen LogP contribution is 2.32. The van der Waals surface area contributed by atoms with Gasteiger partial charge in [0, 0.05) is 18.8 Å². The predicted octanol–water partition coefficient (Wildman–Crippen LogP) is 2.99. The van der Waals surface area contributed by atoms with Gasteiger partial charge in [-0.15, -0.1) is 0 Å². The van der Waals surface area contributed by atoms with Gasteiger partial charge in [-0.2, -0.15) is 5.10 Å². The van der Waals surface area contributed by atoms with Crippen LogP contribution in [0, 0.1) is 11.8 Å². The third kappa shape index (κ3) is 3.35. The van der Waals surface area contributed by atoms with Crippen LogP contribution in [0.15, 0.2) is 12.4 Å². The Labute approximate surface area is 111 Å². The predicted molar refractivity (Wildman–Crippen MR) is 75.3 cm³/mol. The fourth-order valence-electron chi connectivity index (χ4n) is 3.15. The van der Waals surface area contributed by atoms with Gasteiger partial charge in [-0.3, -0.25) is 4.68 Å². The van der Waals surface area contributed by atoms with Crippen LogP contribution >= 0.6 is 0 Å². The highest BCUT2D eigenvalue weighted by atomic mass is 15.3. The van der Waals surface area contributed by atoms with Crippen LogP contribution in [0.1, 0.15) is 51.5 Å². The van der Waals surface area contributed by atoms with E-state index in [2.05, 4.69) is 25.1 Å². The quantitative estimate of drug-likeness (QED) is 0.872. The Kier molecular flexibility index (Phi) is 4.81. The summed E-state index contributed by atoms with van der Waals surface area (Å²) in [5, 5.41) is 4.32. The van der Waals surface area contributed by atoms with Gasteiger partial charge in [0.15, 0.2) is 0 Å². The molecule has 1 heterocycles. The van der Waals surface area contributed by atoms with Gasteiger partial charge in [0.25, 0.3) is 0 Å². The molecule has 18 heavy (non-hydrogen) atoms. The molecule has 1 saturated carbocycles. The molecular weight excluding hydrogens is 222 g/mol. The van der Waals surface area contributed by atoms with E-state index in [1.165, 1.54) is 37.7 Å². The van der Waals surface area contributed by atoms with Crippen LogP contribution in [-0.2, 0) is 13.0 Å². The van der Waals surface area contributed by atoms with Crippen LogP contribution in [0.25, 0.3) is 0 Å². The molecule has 0 radical (unpaired) electrons. The van der Waals surface area contributed by atoms with Crippen molar-refractivity contribution in [3.05, 3.63) is 18.0 Å². The summed E-state index contributed by atoms with van der Waals surface area (Å²) in [7, 11) is 0. The van der Waals surface area contributed by atoms with Gasteiger partial charge in [-0.05, 0) is 43.6 Å². The van der Waals surface area contributed by atoms with Crippen molar-refractivity contribution in [1.29, 1.82) is 0 Å². The van der Waals surface area contributed by atoms with Gasteiger partial charge < -0.3 is 5.73 Å². The monoisotopic (exact) mass is 249 g/mol. The number of hydrogen-bond acceptors (Lipinski definition) is 2. The molecule has 3 nitrogen and oxygen atoms in total. The van der Waals surface area contributed by atoms with Crippen molar-refractivity contribution >= 4 is 0 Å². The number of nitrogens with two attached hydrogens (primary N) is 1. The van der Waals surface area contributed by atoms with Crippen LogP contribution in [0.5, 0.6) is 0 Å². The summed E-state index contributed by atoms with van der Waals surface area (Å²) in [6.45, 7) is 5.36. The lowest BCUT2D eigenvalue weighted by Gasteiger charge is -2.31. The Morgan fingerprint density at radius 1 is 1.33 bits per heavy atom. The van der Waals surface area contributed by atoms with Crippen LogP contribution in [0.4, 0.5) is 0 Å². The van der Waals surface area contributed by atoms with Crippen LogP contribution in [0.3, 0.4) is 0 Å². The summed E-state index contributed by atoms with van der Waals surface area (Å²) in [5.41, 5.74) is 7.67. The minimum atomic E-state index is 0.317. The summed E-state index contributed by atoms with van der Waals surface area (Å²) in [4.78, 5) is 0. The molecule has 1 aliphatic rings. The molecule has 0 aromatic carbocycles. The average molecular weight is 249 g/mol. The van der Waals surface area contributed by atoms with Crippen molar-refractivity contribution in [2.24, 2.45) is 17.6 Å². The first-order valence-electron chi connectivity index (χ1n) is 7.49. The summed E-state index contributed by atoms with van der Waals surface area (Å²) < 4.78 is 1.98. The van der Waals surface area contributed by atoms with Gasteiger partial charge in [0.05, 0.1) is 6.20 Å². The van der Waals surface area contributed by atoms with Crippen molar-refractivity contribution in [3.8, 4) is 0 Å². The highest BCUT2D eigenvalue weighted by Gasteiger charge is 2.25. The Morgan fingerprint density at radius 3 is 2.61 bits per heavy atom. The molecule has 0 saturated heterocycles. The van der Waals surface area contributed by atoms with E-state index in [4.69, 9.17) is 5.73 Å². The minimum absolute atomic E-state index is 0.317. The first kappa shape index (κ1) is 13.6. The molecular formula is C15H27N3. The van der Waals surface area contributed by atoms with E-state index in [1.54, 1.807) is 0 Å². The molecule has 0 aliphatic heterocycles. The normalized spacial score (nSPS) is 26.2. The zero-order valence-electron chi connectivity index (χ0n) is 11.8. The lowest BCUT2D eigenvalue weighted by molar-refractivity contribution is 0.238. The zero-order valence-corrected chi connectivity index (χ0v) is 11.8. The number of nitrogens with zero attached hydrogens (tertiary/aromatic N) is 2. The van der Waals surface area contributed by atoms with E-state index in [1.807, 2.05) is 10.9 Å². The molecule has 1 aromatic rings. The van der Waals surface area contributed by atoms with E-state index >= 15 is 0 Å². The maximum atomic E-state index is 6.38. The molecule has 0 bridgehead atoms. The number of rotatable bonds is 5. The van der Waals surface area contributed by atoms with Gasteiger partial charge in [-0.1, -0.05) is 26.2 Å². The Morgan fingerprint density at radius 2 is 2.06 bits per heavy atom. The van der Waals surface area contributed by atoms with E-state index < -0.39 is 0 Å². The third-order valence-corrected chi connectivity index (χ3v) is 4.56. The molecule has 2 rings (SSSR count). The lowest BCUT2D eigenvalue weighted by atomic mass is 9.77. The standard InChI is InChI=1S/C15H27N3/c1-3-12-5-7-14(8-6-12)15(16)9-13-10-17-18(4-2)11-13/h10-12,14-15H,3-9,16H2,1-2H3. The first-order valence-corrected chi connectivity index (χ1v) is 7.49. The fourth-order valence-corrected chi connectivity index (χ4v) is 3.15. The number of aromatic nitrogens is 2. The number of hydrogen-bond donors (Lipinski definition) is 1. The van der Waals surface area contributed by atoms with Crippen molar-refractivity contribution < 1.29 is 0 Å². The SMILES string of the molecule is CCC1CCC(C(N)Cc2cnn(CC)c2)CC1. The molecule has 1 aromatic heterocycles. The fraction of sp³-hybridized carbons (Fsp3) is 0.800. The molecule has 3 heteroatoms. The van der Waals surface area contributed by atoms with Gasteiger partial charge in [0.1, 0.15) is 0 Å². The van der Waals surface area contributed by atoms with E-state index in [0.717, 1.165) is 24.8 Å². The summed E-state index contributed by atoms with van der Waals surface area (Å²) in [5.74, 6) is 1.68. The van der Waals surface area contributed by atoms with E-state index in [-0.39, 0.29) is 0 Å². The van der Waals surface area contributed by atoms with Crippen LogP contribution in [-0.4, -0.2) is 15.8 Å². The minimum Gasteiger partial charge on any atom is -0.327 e. The number of aryl methyl sites for hydroxylation is 1. The first-order chi connectivity index (χ1) is 8.72. The van der Waals surface area contributed by atoms with Crippen LogP contribution < -0.4 is 5.73 Å². The van der Waals surface area contributed by atoms with Gasteiger partial charge in [-0.25, -0.2) is 0 Å². The molecule has 2 N–H and O–H groups in total. The molecule has 1 atom stereocenters. The largest absolute Gasteiger partial charge is 0.327 e. The molecule has 1 fully saturated rings. The van der Waals surface area contributed by atoms with Gasteiger partial charge >= 0.3 is 0 Å². The molecule has 1 aliphatic carbocycles. The highest BCUT2D eigenvalue weighted by molar-refractivity contribution is 5.06. The summed E-state index contributed by atoms with van der Waals surface area (Å²) in [6, 6.07) is 0.317. The smallest absolute Gasteiger partial charge is 0.0522 e. The molecule has 0 spiro atoms. The lowest BCUT2D eigenvalue weighted by Crippen LogP contribution is -2.34. The van der Waals surface area contributed by atoms with Gasteiger partial charge in [0.2, 0.25) is 0 Å². The summed E-state index contributed by atoms with van der Waals surface area (Å²) in [6.07, 6.45) is 11.8. The maximum absolute atomic E-state index is 6.38. The Hall–Kier alpha value is -0.830. The van der Waals surface area contributed by atoms with E-state index in [9.17, 15) is 0 Å². The maximum Gasteiger partial charge on any atom is 0.0522 e. The zero-order chi connectivity index (χ0) is 13.0. The summed E-state index contributed by atoms with van der Waals surface area (Å²) >= 11 is 0. The third-order valence-electron chi connectivity index (χ3n) is 4.56. The van der Waals surface area contributed by atoms with Crippen LogP contribution in [0.2, 0.25) is 0 Å². The Balaban J connectivity index is 1.82. The topological polar surface area (TPSA) is 43.8 Å². The molecule has 102 valence electrons.